The summed E-state index contributed by atoms with van der Waals surface area (Å²) >= 11 is 7.59. The highest BCUT2D eigenvalue weighted by molar-refractivity contribution is 7.33. The third kappa shape index (κ3) is 27.4. The molecular formula is C74H112O4S4. The molecule has 8 heteroatoms. The van der Waals surface area contributed by atoms with Gasteiger partial charge in [0.05, 0.1) is 26.4 Å². The van der Waals surface area contributed by atoms with Crippen LogP contribution in [0.1, 0.15) is 285 Å². The number of thiophene rings is 4. The van der Waals surface area contributed by atoms with Crippen LogP contribution in [0.3, 0.4) is 0 Å². The van der Waals surface area contributed by atoms with E-state index in [0.29, 0.717) is 0 Å². The van der Waals surface area contributed by atoms with Crippen LogP contribution in [-0.2, 0) is 0 Å². The quantitative estimate of drug-likeness (QED) is 0.0357. The van der Waals surface area contributed by atoms with Crippen LogP contribution in [0.4, 0.5) is 0 Å². The van der Waals surface area contributed by atoms with Gasteiger partial charge in [-0.15, -0.1) is 45.3 Å². The highest BCUT2D eigenvalue weighted by Gasteiger charge is 2.16. The molecule has 0 fully saturated rings. The molecule has 0 radical (unpaired) electrons. The molecule has 0 unspecified atom stereocenters. The smallest absolute Gasteiger partial charge is 0.123 e. The zero-order chi connectivity index (χ0) is 57.3. The van der Waals surface area contributed by atoms with Crippen molar-refractivity contribution in [2.75, 3.05) is 26.4 Å². The van der Waals surface area contributed by atoms with E-state index in [1.807, 2.05) is 45.3 Å². The molecule has 0 bridgehead atoms. The molecule has 4 aromatic heterocycles. The fourth-order valence-electron chi connectivity index (χ4n) is 11.2. The summed E-state index contributed by atoms with van der Waals surface area (Å²) in [7, 11) is 0. The van der Waals surface area contributed by atoms with Gasteiger partial charge < -0.3 is 18.9 Å². The Hall–Kier alpha value is -3.30. The SMILES string of the molecule is CCCCCCCCCCCCOc1cc(OCCCCCCCCCCCC)cc(-c2ccc(-c3cc4sc(-c5ccc(-c6cc(OCCCCCCCCCCCC)cc(OCCCCCCCCCCCC)c6)s5)cc4s3)s2)c1. The molecular weight excluding hydrogens is 1080 g/mol. The summed E-state index contributed by atoms with van der Waals surface area (Å²) < 4.78 is 28.7. The molecule has 0 saturated heterocycles. The predicted molar refractivity (Wildman–Crippen MR) is 367 cm³/mol. The molecule has 6 rings (SSSR count). The van der Waals surface area contributed by atoms with Gasteiger partial charge in [-0.2, -0.15) is 0 Å². The van der Waals surface area contributed by atoms with Crippen LogP contribution in [0.5, 0.6) is 23.0 Å². The molecule has 82 heavy (non-hydrogen) atoms. The Morgan fingerprint density at radius 2 is 0.439 bits per heavy atom. The Balaban J connectivity index is 1.05. The first kappa shape index (κ1) is 67.8. The molecule has 0 spiro atoms. The summed E-state index contributed by atoms with van der Waals surface area (Å²) in [6.07, 6.45) is 53.0. The number of hydrogen-bond acceptors (Lipinski definition) is 8. The van der Waals surface area contributed by atoms with Crippen LogP contribution in [0, 0.1) is 0 Å². The van der Waals surface area contributed by atoms with Crippen molar-refractivity contribution < 1.29 is 18.9 Å². The summed E-state index contributed by atoms with van der Waals surface area (Å²) in [6, 6.07) is 27.3. The van der Waals surface area contributed by atoms with E-state index in [-0.39, 0.29) is 0 Å². The van der Waals surface area contributed by atoms with E-state index >= 15 is 0 Å². The molecule has 6 aromatic rings. The molecule has 2 aromatic carbocycles. The molecule has 4 nitrogen and oxygen atoms in total. The molecule has 0 aliphatic rings. The van der Waals surface area contributed by atoms with Crippen LogP contribution in [0.25, 0.3) is 49.8 Å². The van der Waals surface area contributed by atoms with Crippen LogP contribution in [-0.4, -0.2) is 26.4 Å². The van der Waals surface area contributed by atoms with Crippen LogP contribution in [0.2, 0.25) is 0 Å². The number of benzene rings is 2. The van der Waals surface area contributed by atoms with Crippen molar-refractivity contribution in [2.24, 2.45) is 0 Å². The van der Waals surface area contributed by atoms with Gasteiger partial charge in [0.1, 0.15) is 23.0 Å². The molecule has 0 amide bonds. The lowest BCUT2D eigenvalue weighted by Crippen LogP contribution is -2.00. The zero-order valence-electron chi connectivity index (χ0n) is 52.3. The average molecular weight is 1190 g/mol. The van der Waals surface area contributed by atoms with Crippen LogP contribution >= 0.6 is 45.3 Å². The first-order chi connectivity index (χ1) is 40.6. The van der Waals surface area contributed by atoms with Gasteiger partial charge in [0.25, 0.3) is 0 Å². The van der Waals surface area contributed by atoms with Crippen molar-refractivity contribution in [3.8, 4) is 63.4 Å². The van der Waals surface area contributed by atoms with E-state index in [1.54, 1.807) is 0 Å². The van der Waals surface area contributed by atoms with Crippen molar-refractivity contribution in [1.82, 2.24) is 0 Å². The molecule has 0 aliphatic heterocycles. The van der Waals surface area contributed by atoms with Gasteiger partial charge in [0.15, 0.2) is 0 Å². The minimum absolute atomic E-state index is 0.755. The highest BCUT2D eigenvalue weighted by atomic mass is 32.1. The Bertz CT molecular complexity index is 2220. The molecule has 0 saturated carbocycles. The van der Waals surface area contributed by atoms with Crippen molar-refractivity contribution in [1.29, 1.82) is 0 Å². The average Bonchev–Trinajstić information content (AvgIpc) is 4.40. The first-order valence-electron chi connectivity index (χ1n) is 34.1. The second kappa shape index (κ2) is 43.3. The number of ether oxygens (including phenoxy) is 4. The maximum absolute atomic E-state index is 6.49. The summed E-state index contributed by atoms with van der Waals surface area (Å²) in [5.41, 5.74) is 2.37. The largest absolute Gasteiger partial charge is 0.493 e. The zero-order valence-corrected chi connectivity index (χ0v) is 55.6. The first-order valence-corrected chi connectivity index (χ1v) is 37.4. The summed E-state index contributed by atoms with van der Waals surface area (Å²) in [5, 5.41) is 0. The van der Waals surface area contributed by atoms with Crippen molar-refractivity contribution in [3.05, 3.63) is 72.8 Å². The maximum atomic E-state index is 6.49. The third-order valence-corrected chi connectivity index (χ3v) is 21.3. The summed E-state index contributed by atoms with van der Waals surface area (Å²) in [4.78, 5) is 7.81. The molecule has 456 valence electrons. The lowest BCUT2D eigenvalue weighted by Gasteiger charge is -2.12. The van der Waals surface area contributed by atoms with Crippen molar-refractivity contribution >= 4 is 54.7 Å². The normalized spacial score (nSPS) is 11.6. The van der Waals surface area contributed by atoms with Gasteiger partial charge in [0.2, 0.25) is 0 Å². The molecule has 0 atom stereocenters. The van der Waals surface area contributed by atoms with Gasteiger partial charge in [-0.05, 0) is 97.5 Å². The fourth-order valence-corrected chi connectivity index (χ4v) is 15.8. The topological polar surface area (TPSA) is 36.9 Å². The van der Waals surface area contributed by atoms with Gasteiger partial charge >= 0.3 is 0 Å². The Morgan fingerprint density at radius 3 is 0.683 bits per heavy atom. The van der Waals surface area contributed by atoms with Crippen molar-refractivity contribution in [3.63, 3.8) is 0 Å². The van der Waals surface area contributed by atoms with Crippen LogP contribution in [0.15, 0.2) is 72.8 Å². The lowest BCUT2D eigenvalue weighted by atomic mass is 10.1. The van der Waals surface area contributed by atoms with E-state index in [2.05, 4.69) is 100 Å². The Kier molecular flexibility index (Phi) is 35.8. The molecule has 0 N–H and O–H groups in total. The summed E-state index contributed by atoms with van der Waals surface area (Å²) in [6.45, 7) is 12.2. The van der Waals surface area contributed by atoms with Gasteiger partial charge in [-0.1, -0.05) is 259 Å². The minimum Gasteiger partial charge on any atom is -0.493 e. The predicted octanol–water partition coefficient (Wildman–Crippen LogP) is 27.0. The molecule has 0 aliphatic carbocycles. The number of hydrogen-bond donors (Lipinski definition) is 0. The standard InChI is InChI=1S/C74H112O4S4/c1-5-9-13-17-21-25-29-33-37-41-49-75-63-53-61(54-64(57-63)76-50-42-38-34-30-26-22-18-14-10-6-2)67-45-47-69(79-67)71-59-73-74(81-71)60-72(82-73)70-48-46-68(80-70)62-55-65(77-51-43-39-35-31-27-23-19-15-11-7-3)58-66(56-62)78-52-44-40-36-32-28-24-20-16-12-8-4/h45-48,53-60H,5-44,49-52H2,1-4H3. The molecule has 4 heterocycles. The number of rotatable bonds is 52. The Labute approximate surface area is 517 Å². The van der Waals surface area contributed by atoms with Crippen molar-refractivity contribution in [2.45, 2.75) is 285 Å². The van der Waals surface area contributed by atoms with E-state index in [1.165, 1.54) is 281 Å². The van der Waals surface area contributed by atoms with Gasteiger partial charge in [0, 0.05) is 50.8 Å². The second-order valence-electron chi connectivity index (χ2n) is 23.8. The Morgan fingerprint density at radius 1 is 0.220 bits per heavy atom. The number of fused-ring (bicyclic) bond motifs is 1. The van der Waals surface area contributed by atoms with E-state index in [9.17, 15) is 0 Å². The maximum Gasteiger partial charge on any atom is 0.123 e. The van der Waals surface area contributed by atoms with Gasteiger partial charge in [-0.25, -0.2) is 0 Å². The van der Waals surface area contributed by atoms with E-state index < -0.39 is 0 Å². The minimum atomic E-state index is 0.755. The van der Waals surface area contributed by atoms with E-state index in [4.69, 9.17) is 18.9 Å². The second-order valence-corrected chi connectivity index (χ2v) is 28.1. The third-order valence-electron chi connectivity index (χ3n) is 16.3. The van der Waals surface area contributed by atoms with Gasteiger partial charge in [-0.3, -0.25) is 0 Å². The fraction of sp³-hybridized carbons (Fsp3) is 0.649. The lowest BCUT2D eigenvalue weighted by molar-refractivity contribution is 0.289. The summed E-state index contributed by atoms with van der Waals surface area (Å²) in [5.74, 6) is 3.71. The van der Waals surface area contributed by atoms with Crippen LogP contribution < -0.4 is 18.9 Å². The number of unbranched alkanes of at least 4 members (excludes halogenated alkanes) is 36. The highest BCUT2D eigenvalue weighted by Crippen LogP contribution is 2.47. The monoisotopic (exact) mass is 1190 g/mol. The van der Waals surface area contributed by atoms with E-state index in [0.717, 1.165) is 75.1 Å².